The predicted octanol–water partition coefficient (Wildman–Crippen LogP) is 6.25. The van der Waals surface area contributed by atoms with Gasteiger partial charge in [0.25, 0.3) is 8.07 Å². The van der Waals surface area contributed by atoms with Crippen molar-refractivity contribution < 1.29 is 0 Å². The van der Waals surface area contributed by atoms with Crippen molar-refractivity contribution in [2.24, 2.45) is 0 Å². The van der Waals surface area contributed by atoms with Crippen molar-refractivity contribution in [3.05, 3.63) is 69.2 Å². The number of hydrogen-bond acceptors (Lipinski definition) is 0. The molecule has 2 rings (SSSR count). The van der Waals surface area contributed by atoms with Gasteiger partial charge in [0.15, 0.2) is 5.22 Å². The molecule has 0 unspecified atom stereocenters. The number of allylic oxidation sites excluding steroid dienone is 5. The zero-order chi connectivity index (χ0) is 19.8. The average Bonchev–Trinajstić information content (AvgIpc) is 2.54. The first-order valence-electron chi connectivity index (χ1n) is 8.78. The van der Waals surface area contributed by atoms with Gasteiger partial charge in [0.05, 0.1) is 5.70 Å². The molecule has 0 spiro atoms. The van der Waals surface area contributed by atoms with Crippen molar-refractivity contribution in [1.82, 2.24) is 0 Å². The molecule has 0 amide bonds. The maximum Gasteiger partial charge on any atom is 0.253 e. The van der Waals surface area contributed by atoms with Crippen LogP contribution in [0.2, 0.25) is 19.6 Å². The van der Waals surface area contributed by atoms with Gasteiger partial charge in [-0.3, -0.25) is 0 Å². The first kappa shape index (κ1) is 21.8. The summed E-state index contributed by atoms with van der Waals surface area (Å²) in [5.41, 5.74) is 17.0. The third-order valence-corrected chi connectivity index (χ3v) is 8.54. The number of benzene rings is 1. The van der Waals surface area contributed by atoms with E-state index in [0.717, 1.165) is 5.22 Å². The normalized spacial score (nSPS) is 15.2. The van der Waals surface area contributed by atoms with Crippen LogP contribution in [-0.4, -0.2) is 8.07 Å². The Bertz CT molecular complexity index is 946. The maximum atomic E-state index is 3.74. The van der Waals surface area contributed by atoms with Crippen molar-refractivity contribution in [3.63, 3.8) is 0 Å². The third kappa shape index (κ3) is 4.84. The van der Waals surface area contributed by atoms with E-state index in [9.17, 15) is 0 Å². The highest BCUT2D eigenvalue weighted by atomic mass is 127. The molecule has 0 aromatic heterocycles. The Hall–Kier alpha value is -0.543. The Morgan fingerprint density at radius 2 is 1.38 bits per heavy atom. The van der Waals surface area contributed by atoms with E-state index in [1.165, 1.54) is 46.1 Å². The Morgan fingerprint density at radius 1 is 0.923 bits per heavy atom. The van der Waals surface area contributed by atoms with E-state index in [2.05, 4.69) is 129 Å². The summed E-state index contributed by atoms with van der Waals surface area (Å²) in [6, 6.07) is 4.41. The van der Waals surface area contributed by atoms with Gasteiger partial charge in [-0.05, 0) is 44.6 Å². The lowest BCUT2D eigenvalue weighted by Gasteiger charge is -2.33. The van der Waals surface area contributed by atoms with Crippen LogP contribution in [0.3, 0.4) is 0 Å². The van der Waals surface area contributed by atoms with Gasteiger partial charge >= 0.3 is 0 Å². The molecule has 0 atom stereocenters. The largest absolute Gasteiger partial charge is 0.253 e. The molecule has 0 bridgehead atoms. The van der Waals surface area contributed by atoms with Gasteiger partial charge in [-0.2, -0.15) is 0 Å². The first-order chi connectivity index (χ1) is 11.9. The standard InChI is InChI=1S/C23H26I2Si/c1-14-11-19(9-10-26(6,7)8)12-15(2)20(14)13-21-16(3)22(24)18(5)23(25)17(21)4/h11-12H,1-8H3. The van der Waals surface area contributed by atoms with Crippen LogP contribution in [0.4, 0.5) is 0 Å². The van der Waals surface area contributed by atoms with E-state index >= 15 is 0 Å². The van der Waals surface area contributed by atoms with E-state index in [-0.39, 0.29) is 0 Å². The second-order valence-electron chi connectivity index (χ2n) is 7.99. The number of rotatable bonds is 1. The predicted molar refractivity (Wildman–Crippen MR) is 134 cm³/mol. The van der Waals surface area contributed by atoms with Crippen molar-refractivity contribution in [3.8, 4) is 0 Å². The van der Waals surface area contributed by atoms with E-state index in [1.54, 1.807) is 0 Å². The Morgan fingerprint density at radius 3 is 1.81 bits per heavy atom. The van der Waals surface area contributed by atoms with E-state index in [0.29, 0.717) is 0 Å². The molecule has 0 saturated carbocycles. The lowest BCUT2D eigenvalue weighted by atomic mass is 9.89. The highest BCUT2D eigenvalue weighted by molar-refractivity contribution is 14.1. The summed E-state index contributed by atoms with van der Waals surface area (Å²) < 4.78 is 2.68. The molecule has 1 aromatic carbocycles. The van der Waals surface area contributed by atoms with Gasteiger partial charge in [0.1, 0.15) is 5.73 Å². The summed E-state index contributed by atoms with van der Waals surface area (Å²) in [5.74, 6) is 1.37. The molecule has 1 aromatic rings. The fourth-order valence-electron chi connectivity index (χ4n) is 2.96. The molecular formula is C23H26I2Si. The molecule has 26 heavy (non-hydrogen) atoms. The van der Waals surface area contributed by atoms with Crippen LogP contribution in [-0.2, 0) is 0 Å². The molecule has 1 aliphatic rings. The topological polar surface area (TPSA) is 0 Å². The molecule has 0 radical (unpaired) electrons. The number of hydrogen-bond donors (Lipinski definition) is 0. The molecule has 136 valence electrons. The average molecular weight is 584 g/mol. The van der Waals surface area contributed by atoms with Crippen LogP contribution in [0, 0.1) is 25.5 Å². The molecule has 0 N–H and O–H groups in total. The summed E-state index contributed by atoms with van der Waals surface area (Å²) in [7, 11) is -1.36. The Balaban J connectivity index is 2.85. The molecule has 0 aliphatic heterocycles. The fourth-order valence-corrected chi connectivity index (χ4v) is 5.08. The van der Waals surface area contributed by atoms with Gasteiger partial charge in [-0.15, -0.1) is 22.8 Å². The lowest BCUT2D eigenvalue weighted by Crippen LogP contribution is -2.18. The molecule has 3 heteroatoms. The summed E-state index contributed by atoms with van der Waals surface area (Å²) in [6.07, 6.45) is 0. The van der Waals surface area contributed by atoms with E-state index in [1.807, 2.05) is 0 Å². The van der Waals surface area contributed by atoms with Crippen LogP contribution >= 0.6 is 45.2 Å². The zero-order valence-electron chi connectivity index (χ0n) is 16.9. The van der Waals surface area contributed by atoms with Crippen molar-refractivity contribution in [1.29, 1.82) is 0 Å². The summed E-state index contributed by atoms with van der Waals surface area (Å²) in [6.45, 7) is 17.8. The minimum Gasteiger partial charge on any atom is -0.132 e. The van der Waals surface area contributed by atoms with Gasteiger partial charge in [-0.25, -0.2) is 0 Å². The number of halogens is 2. The third-order valence-electron chi connectivity index (χ3n) is 4.43. The summed E-state index contributed by atoms with van der Waals surface area (Å²) >= 11 is 4.92. The molecular weight excluding hydrogens is 558 g/mol. The van der Waals surface area contributed by atoms with Crippen molar-refractivity contribution >= 4 is 64.7 Å². The SMILES string of the molecule is CC1=C(I)[C-](C)C(I)=C(C)C1=C=c1c(C)cc(=C=[C+][Si](C)(C)C)cc1C. The monoisotopic (exact) mass is 584 g/mol. The van der Waals surface area contributed by atoms with Gasteiger partial charge in [0, 0.05) is 17.4 Å². The lowest BCUT2D eigenvalue weighted by molar-refractivity contribution is 1.17. The fraction of sp³-hybridized carbons (Fsp3) is 0.348. The Labute approximate surface area is 186 Å². The first-order valence-corrected chi connectivity index (χ1v) is 14.4. The molecule has 0 fully saturated rings. The van der Waals surface area contributed by atoms with Crippen LogP contribution in [0.15, 0.2) is 36.0 Å². The zero-order valence-corrected chi connectivity index (χ0v) is 22.2. The van der Waals surface area contributed by atoms with Crippen LogP contribution in [0.5, 0.6) is 0 Å². The minimum atomic E-state index is -1.36. The Kier molecular flexibility index (Phi) is 6.88. The quantitative estimate of drug-likeness (QED) is 0.208. The van der Waals surface area contributed by atoms with E-state index in [4.69, 9.17) is 0 Å². The van der Waals surface area contributed by atoms with Crippen molar-refractivity contribution in [2.75, 3.05) is 0 Å². The van der Waals surface area contributed by atoms with Crippen LogP contribution in [0.1, 0.15) is 31.9 Å². The van der Waals surface area contributed by atoms with Gasteiger partial charge < -0.3 is 0 Å². The molecule has 0 saturated heterocycles. The number of aryl methyl sites for hydroxylation is 2. The minimum absolute atomic E-state index is 1.12. The molecule has 0 nitrogen and oxygen atoms in total. The van der Waals surface area contributed by atoms with Crippen LogP contribution in [0.25, 0.3) is 11.5 Å². The summed E-state index contributed by atoms with van der Waals surface area (Å²) in [4.78, 5) is 0. The smallest absolute Gasteiger partial charge is 0.132 e. The summed E-state index contributed by atoms with van der Waals surface area (Å²) in [5, 5.41) is 2.32. The molecule has 1 aliphatic carbocycles. The second kappa shape index (κ2) is 8.22. The maximum absolute atomic E-state index is 3.74. The molecule has 0 heterocycles. The van der Waals surface area contributed by atoms with Gasteiger partial charge in [-0.1, -0.05) is 78.7 Å². The highest BCUT2D eigenvalue weighted by Crippen LogP contribution is 2.44. The van der Waals surface area contributed by atoms with E-state index < -0.39 is 8.07 Å². The second-order valence-corrected chi connectivity index (χ2v) is 14.9. The van der Waals surface area contributed by atoms with Gasteiger partial charge in [0.2, 0.25) is 0 Å². The van der Waals surface area contributed by atoms with Crippen molar-refractivity contribution in [2.45, 2.75) is 54.3 Å². The van der Waals surface area contributed by atoms with Crippen LogP contribution < -0.4 is 10.4 Å². The highest BCUT2D eigenvalue weighted by Gasteiger charge is 2.18.